The van der Waals surface area contributed by atoms with Crippen LogP contribution in [0.2, 0.25) is 20.1 Å². The van der Waals surface area contributed by atoms with Gasteiger partial charge in [-0.25, -0.2) is 0 Å². The number of nitrogens with zero attached hydrogens (tertiary/aromatic N) is 1. The average Bonchev–Trinajstić information content (AvgIpc) is 2.85. The van der Waals surface area contributed by atoms with Crippen molar-refractivity contribution in [3.63, 3.8) is 0 Å². The van der Waals surface area contributed by atoms with Crippen LogP contribution < -0.4 is 5.32 Å². The molecule has 0 saturated carbocycles. The molecule has 190 valence electrons. The highest BCUT2D eigenvalue weighted by Crippen LogP contribution is 2.28. The molecule has 0 aliphatic rings. The molecule has 0 aliphatic heterocycles. The van der Waals surface area contributed by atoms with Crippen molar-refractivity contribution in [1.82, 2.24) is 10.2 Å². The van der Waals surface area contributed by atoms with Gasteiger partial charge in [-0.15, -0.1) is 0 Å². The number of hydrogen-bond acceptors (Lipinski definition) is 2. The average molecular weight is 566 g/mol. The maximum atomic E-state index is 13.9. The van der Waals surface area contributed by atoms with E-state index in [-0.39, 0.29) is 30.8 Å². The molecule has 0 saturated heterocycles. The van der Waals surface area contributed by atoms with Crippen molar-refractivity contribution in [1.29, 1.82) is 0 Å². The number of carbonyl (C=O) groups is 2. The lowest BCUT2D eigenvalue weighted by atomic mass is 10.0. The van der Waals surface area contributed by atoms with Gasteiger partial charge in [0.15, 0.2) is 0 Å². The summed E-state index contributed by atoms with van der Waals surface area (Å²) in [4.78, 5) is 29.0. The van der Waals surface area contributed by atoms with Crippen LogP contribution in [0, 0.1) is 0 Å². The number of carbonyl (C=O) groups excluding carboxylic acids is 2. The van der Waals surface area contributed by atoms with Crippen LogP contribution in [0.1, 0.15) is 37.0 Å². The van der Waals surface area contributed by atoms with Gasteiger partial charge in [0, 0.05) is 39.1 Å². The molecule has 8 heteroatoms. The van der Waals surface area contributed by atoms with Crippen LogP contribution in [0.3, 0.4) is 0 Å². The Balaban J connectivity index is 2.04. The Hall–Kier alpha value is -2.24. The van der Waals surface area contributed by atoms with Crippen LogP contribution in [0.25, 0.3) is 0 Å². The number of halogens is 4. The molecule has 0 unspecified atom stereocenters. The minimum absolute atomic E-state index is 0.0511. The summed E-state index contributed by atoms with van der Waals surface area (Å²) in [5.74, 6) is -0.534. The predicted octanol–water partition coefficient (Wildman–Crippen LogP) is 7.40. The number of rotatable bonds is 10. The van der Waals surface area contributed by atoms with Crippen molar-refractivity contribution >= 4 is 58.2 Å². The van der Waals surface area contributed by atoms with Crippen molar-refractivity contribution in [3.8, 4) is 0 Å². The lowest BCUT2D eigenvalue weighted by molar-refractivity contribution is -0.141. The van der Waals surface area contributed by atoms with Crippen molar-refractivity contribution in [3.05, 3.63) is 104 Å². The van der Waals surface area contributed by atoms with Gasteiger partial charge in [-0.2, -0.15) is 0 Å². The van der Waals surface area contributed by atoms with Gasteiger partial charge < -0.3 is 10.2 Å². The van der Waals surface area contributed by atoms with Crippen molar-refractivity contribution in [2.24, 2.45) is 0 Å². The van der Waals surface area contributed by atoms with E-state index in [1.54, 1.807) is 41.3 Å². The smallest absolute Gasteiger partial charge is 0.243 e. The Bertz CT molecular complexity index is 1180. The van der Waals surface area contributed by atoms with Crippen LogP contribution in [0.15, 0.2) is 66.7 Å². The molecule has 2 atom stereocenters. The maximum absolute atomic E-state index is 13.9. The Kier molecular flexibility index (Phi) is 10.5. The van der Waals surface area contributed by atoms with E-state index in [9.17, 15) is 9.59 Å². The summed E-state index contributed by atoms with van der Waals surface area (Å²) in [6.07, 6.45) is 1.03. The topological polar surface area (TPSA) is 49.4 Å². The molecular formula is C28H28Cl4N2O2. The normalized spacial score (nSPS) is 12.6. The van der Waals surface area contributed by atoms with Gasteiger partial charge >= 0.3 is 0 Å². The second kappa shape index (κ2) is 13.3. The molecule has 4 nitrogen and oxygen atoms in total. The van der Waals surface area contributed by atoms with Gasteiger partial charge in [-0.1, -0.05) is 95.8 Å². The van der Waals surface area contributed by atoms with Crippen LogP contribution >= 0.6 is 46.4 Å². The summed E-state index contributed by atoms with van der Waals surface area (Å²) in [5, 5.41) is 4.73. The minimum atomic E-state index is -0.790. The van der Waals surface area contributed by atoms with E-state index in [1.807, 2.05) is 44.2 Å². The first-order valence-corrected chi connectivity index (χ1v) is 13.2. The standard InChI is InChI=1S/C28H28Cl4N2O2/c1-3-18(2)33-28(36)26(14-19-8-5-4-6-9-19)34(17-20-12-13-21(29)15-25(20)32)27(35)16-22-23(30)10-7-11-24(22)31/h4-13,15,18,26H,3,14,16-17H2,1-2H3,(H,33,36)/t18-,26-/m1/s1. The molecule has 0 spiro atoms. The highest BCUT2D eigenvalue weighted by Gasteiger charge is 2.32. The van der Waals surface area contributed by atoms with Crippen molar-refractivity contribution in [2.45, 2.75) is 51.7 Å². The molecule has 3 rings (SSSR count). The number of hydrogen-bond donors (Lipinski definition) is 1. The Morgan fingerprint density at radius 1 is 0.889 bits per heavy atom. The van der Waals surface area contributed by atoms with Crippen LogP contribution in [-0.4, -0.2) is 28.8 Å². The number of amides is 2. The van der Waals surface area contributed by atoms with Gasteiger partial charge in [-0.05, 0) is 54.3 Å². The second-order valence-electron chi connectivity index (χ2n) is 8.66. The van der Waals surface area contributed by atoms with Crippen LogP contribution in [-0.2, 0) is 29.0 Å². The summed E-state index contributed by atoms with van der Waals surface area (Å²) >= 11 is 25.3. The van der Waals surface area contributed by atoms with E-state index in [1.165, 1.54) is 0 Å². The summed E-state index contributed by atoms with van der Waals surface area (Å²) in [6, 6.07) is 19.0. The maximum Gasteiger partial charge on any atom is 0.243 e. The molecule has 3 aromatic carbocycles. The van der Waals surface area contributed by atoms with E-state index in [4.69, 9.17) is 46.4 Å². The lowest BCUT2D eigenvalue weighted by Crippen LogP contribution is -2.52. The van der Waals surface area contributed by atoms with E-state index < -0.39 is 6.04 Å². The van der Waals surface area contributed by atoms with E-state index in [2.05, 4.69) is 5.32 Å². The van der Waals surface area contributed by atoms with Crippen LogP contribution in [0.5, 0.6) is 0 Å². The van der Waals surface area contributed by atoms with Crippen molar-refractivity contribution < 1.29 is 9.59 Å². The molecule has 36 heavy (non-hydrogen) atoms. The molecule has 0 aromatic heterocycles. The fraction of sp³-hybridized carbons (Fsp3) is 0.286. The fourth-order valence-corrected chi connectivity index (χ4v) is 4.78. The first kappa shape index (κ1) is 28.3. The first-order chi connectivity index (χ1) is 17.2. The molecule has 0 radical (unpaired) electrons. The molecular weight excluding hydrogens is 538 g/mol. The fourth-order valence-electron chi connectivity index (χ4n) is 3.78. The van der Waals surface area contributed by atoms with Crippen LogP contribution in [0.4, 0.5) is 0 Å². The third-order valence-electron chi connectivity index (χ3n) is 6.02. The molecule has 0 fully saturated rings. The van der Waals surface area contributed by atoms with Gasteiger partial charge in [0.1, 0.15) is 6.04 Å². The third-order valence-corrected chi connectivity index (χ3v) is 7.31. The second-order valence-corrected chi connectivity index (χ2v) is 10.3. The number of nitrogens with one attached hydrogen (secondary N) is 1. The Morgan fingerprint density at radius 2 is 1.56 bits per heavy atom. The van der Waals surface area contributed by atoms with Gasteiger partial charge in [0.05, 0.1) is 6.42 Å². The van der Waals surface area contributed by atoms with E-state index in [0.29, 0.717) is 37.6 Å². The summed E-state index contributed by atoms with van der Waals surface area (Å²) in [5.41, 5.74) is 2.12. The zero-order valence-electron chi connectivity index (χ0n) is 20.1. The van der Waals surface area contributed by atoms with Gasteiger partial charge in [0.25, 0.3) is 0 Å². The molecule has 3 aromatic rings. The van der Waals surface area contributed by atoms with Gasteiger partial charge in [-0.3, -0.25) is 9.59 Å². The molecule has 2 amide bonds. The highest BCUT2D eigenvalue weighted by atomic mass is 35.5. The van der Waals surface area contributed by atoms with Gasteiger partial charge in [0.2, 0.25) is 11.8 Å². The SMILES string of the molecule is CC[C@@H](C)NC(=O)[C@@H](Cc1ccccc1)N(Cc1ccc(Cl)cc1Cl)C(=O)Cc1c(Cl)cccc1Cl. The molecule has 0 bridgehead atoms. The monoisotopic (exact) mass is 564 g/mol. The lowest BCUT2D eigenvalue weighted by Gasteiger charge is -2.33. The molecule has 0 aliphatic carbocycles. The zero-order valence-corrected chi connectivity index (χ0v) is 23.1. The van der Waals surface area contributed by atoms with Crippen molar-refractivity contribution in [2.75, 3.05) is 0 Å². The Morgan fingerprint density at radius 3 is 2.17 bits per heavy atom. The largest absolute Gasteiger partial charge is 0.352 e. The summed E-state index contributed by atoms with van der Waals surface area (Å²) in [6.45, 7) is 4.04. The molecule has 0 heterocycles. The summed E-state index contributed by atoms with van der Waals surface area (Å²) in [7, 11) is 0. The molecule has 1 N–H and O–H groups in total. The zero-order chi connectivity index (χ0) is 26.2. The minimum Gasteiger partial charge on any atom is -0.352 e. The highest BCUT2D eigenvalue weighted by molar-refractivity contribution is 6.36. The van der Waals surface area contributed by atoms with E-state index >= 15 is 0 Å². The quantitative estimate of drug-likeness (QED) is 0.278. The third kappa shape index (κ3) is 7.63. The Labute approximate surface area is 232 Å². The predicted molar refractivity (Wildman–Crippen MR) is 149 cm³/mol. The summed E-state index contributed by atoms with van der Waals surface area (Å²) < 4.78 is 0. The first-order valence-electron chi connectivity index (χ1n) is 11.7. The van der Waals surface area contributed by atoms with E-state index in [0.717, 1.165) is 12.0 Å². The number of benzene rings is 3.